The predicted octanol–water partition coefficient (Wildman–Crippen LogP) is 3.47. The highest BCUT2D eigenvalue weighted by molar-refractivity contribution is 5.01. The van der Waals surface area contributed by atoms with Crippen molar-refractivity contribution in [2.75, 3.05) is 6.54 Å². The molecule has 0 bridgehead atoms. The van der Waals surface area contributed by atoms with Crippen molar-refractivity contribution in [2.45, 2.75) is 70.4 Å². The lowest BCUT2D eigenvalue weighted by atomic mass is 9.76. The Morgan fingerprint density at radius 1 is 1.16 bits per heavy atom. The molecule has 3 atom stereocenters. The molecule has 2 saturated carbocycles. The maximum atomic E-state index is 9.41. The standard InChI is InChI=1S/C16H25N3/c1-2-4-13-5-6-14(12-18)16(11-13)19(10-3-9-17)15-7-8-15/h13-16H,2-8,10-11H2,1H3. The number of rotatable bonds is 6. The Hall–Kier alpha value is -1.06. The first kappa shape index (κ1) is 14.4. The zero-order chi connectivity index (χ0) is 13.7. The van der Waals surface area contributed by atoms with E-state index in [9.17, 15) is 5.26 Å². The number of nitrogens with zero attached hydrogens (tertiary/aromatic N) is 3. The molecule has 0 aromatic rings. The zero-order valence-electron chi connectivity index (χ0n) is 12.0. The van der Waals surface area contributed by atoms with Gasteiger partial charge in [-0.3, -0.25) is 4.90 Å². The van der Waals surface area contributed by atoms with Crippen molar-refractivity contribution in [2.24, 2.45) is 11.8 Å². The molecule has 0 aromatic heterocycles. The Balaban J connectivity index is 2.02. The van der Waals surface area contributed by atoms with Gasteiger partial charge in [-0.15, -0.1) is 0 Å². The molecule has 19 heavy (non-hydrogen) atoms. The number of hydrogen-bond acceptors (Lipinski definition) is 3. The molecule has 0 N–H and O–H groups in total. The van der Waals surface area contributed by atoms with E-state index in [-0.39, 0.29) is 5.92 Å². The maximum absolute atomic E-state index is 9.41. The van der Waals surface area contributed by atoms with E-state index in [1.54, 1.807) is 0 Å². The lowest BCUT2D eigenvalue weighted by molar-refractivity contribution is 0.0926. The average Bonchev–Trinajstić information content (AvgIpc) is 3.25. The van der Waals surface area contributed by atoms with Gasteiger partial charge in [-0.1, -0.05) is 19.8 Å². The SMILES string of the molecule is CCCC1CCC(C#N)C(N(CCC#N)C2CC2)C1. The Labute approximate surface area is 117 Å². The van der Waals surface area contributed by atoms with Crippen LogP contribution in [0.1, 0.15) is 58.3 Å². The van der Waals surface area contributed by atoms with Gasteiger partial charge in [0.25, 0.3) is 0 Å². The van der Waals surface area contributed by atoms with Gasteiger partial charge in [0, 0.05) is 25.0 Å². The van der Waals surface area contributed by atoms with Gasteiger partial charge in [0.1, 0.15) is 0 Å². The summed E-state index contributed by atoms with van der Waals surface area (Å²) in [5.74, 6) is 0.982. The molecule has 3 unspecified atom stereocenters. The largest absolute Gasteiger partial charge is 0.295 e. The zero-order valence-corrected chi connectivity index (χ0v) is 12.0. The molecule has 3 heteroatoms. The second-order valence-electron chi connectivity index (χ2n) is 6.15. The minimum absolute atomic E-state index is 0.187. The summed E-state index contributed by atoms with van der Waals surface area (Å²) < 4.78 is 0. The summed E-state index contributed by atoms with van der Waals surface area (Å²) in [6.07, 6.45) is 9.12. The molecular weight excluding hydrogens is 234 g/mol. The van der Waals surface area contributed by atoms with Crippen LogP contribution < -0.4 is 0 Å². The summed E-state index contributed by atoms with van der Waals surface area (Å²) in [6.45, 7) is 3.11. The van der Waals surface area contributed by atoms with Gasteiger partial charge in [0.15, 0.2) is 0 Å². The van der Waals surface area contributed by atoms with Crippen LogP contribution in [-0.4, -0.2) is 23.5 Å². The van der Waals surface area contributed by atoms with Gasteiger partial charge in [-0.25, -0.2) is 0 Å². The summed E-state index contributed by atoms with van der Waals surface area (Å²) in [7, 11) is 0. The lowest BCUT2D eigenvalue weighted by Crippen LogP contribution is -2.45. The molecular formula is C16H25N3. The van der Waals surface area contributed by atoms with Crippen molar-refractivity contribution < 1.29 is 0 Å². The first-order valence-corrected chi connectivity index (χ1v) is 7.82. The molecule has 0 amide bonds. The Morgan fingerprint density at radius 3 is 2.53 bits per heavy atom. The summed E-state index contributed by atoms with van der Waals surface area (Å²) in [6, 6.07) is 5.87. The first-order valence-electron chi connectivity index (χ1n) is 7.82. The Kier molecular flexibility index (Phi) is 5.23. The molecule has 0 radical (unpaired) electrons. The normalized spacial score (nSPS) is 30.8. The number of hydrogen-bond donors (Lipinski definition) is 0. The van der Waals surface area contributed by atoms with E-state index >= 15 is 0 Å². The van der Waals surface area contributed by atoms with Crippen LogP contribution in [0.25, 0.3) is 0 Å². The third-order valence-corrected chi connectivity index (χ3v) is 4.71. The van der Waals surface area contributed by atoms with Crippen LogP contribution in [0.2, 0.25) is 0 Å². The highest BCUT2D eigenvalue weighted by Crippen LogP contribution is 2.39. The number of nitriles is 2. The van der Waals surface area contributed by atoms with E-state index in [1.807, 2.05) is 0 Å². The maximum Gasteiger partial charge on any atom is 0.0672 e. The van der Waals surface area contributed by atoms with Gasteiger partial charge in [0.05, 0.1) is 18.1 Å². The Bertz CT molecular complexity index is 361. The van der Waals surface area contributed by atoms with Gasteiger partial charge in [-0.2, -0.15) is 10.5 Å². The third-order valence-electron chi connectivity index (χ3n) is 4.71. The summed E-state index contributed by atoms with van der Waals surface area (Å²) in [5.41, 5.74) is 0. The van der Waals surface area contributed by atoms with E-state index < -0.39 is 0 Å². The summed E-state index contributed by atoms with van der Waals surface area (Å²) in [4.78, 5) is 2.50. The van der Waals surface area contributed by atoms with Crippen LogP contribution in [-0.2, 0) is 0 Å². The minimum atomic E-state index is 0.187. The predicted molar refractivity (Wildman–Crippen MR) is 75.1 cm³/mol. The molecule has 3 nitrogen and oxygen atoms in total. The van der Waals surface area contributed by atoms with Gasteiger partial charge in [0.2, 0.25) is 0 Å². The average molecular weight is 259 g/mol. The topological polar surface area (TPSA) is 50.8 Å². The van der Waals surface area contributed by atoms with Crippen molar-refractivity contribution >= 4 is 0 Å². The second-order valence-corrected chi connectivity index (χ2v) is 6.15. The molecule has 2 aliphatic rings. The van der Waals surface area contributed by atoms with Crippen LogP contribution in [0, 0.1) is 34.5 Å². The molecule has 0 aromatic carbocycles. The molecule has 0 spiro atoms. The molecule has 2 fully saturated rings. The summed E-state index contributed by atoms with van der Waals surface area (Å²) in [5, 5.41) is 18.2. The van der Waals surface area contributed by atoms with Crippen LogP contribution in [0.3, 0.4) is 0 Å². The monoisotopic (exact) mass is 259 g/mol. The summed E-state index contributed by atoms with van der Waals surface area (Å²) >= 11 is 0. The molecule has 104 valence electrons. The third kappa shape index (κ3) is 3.71. The fourth-order valence-electron chi connectivity index (χ4n) is 3.62. The Morgan fingerprint density at radius 2 is 1.95 bits per heavy atom. The first-order chi connectivity index (χ1) is 9.30. The van der Waals surface area contributed by atoms with E-state index in [1.165, 1.54) is 38.5 Å². The fraction of sp³-hybridized carbons (Fsp3) is 0.875. The van der Waals surface area contributed by atoms with E-state index in [4.69, 9.17) is 5.26 Å². The van der Waals surface area contributed by atoms with Gasteiger partial charge in [-0.05, 0) is 38.0 Å². The van der Waals surface area contributed by atoms with Gasteiger partial charge >= 0.3 is 0 Å². The van der Waals surface area contributed by atoms with Crippen molar-refractivity contribution in [3.8, 4) is 12.1 Å². The van der Waals surface area contributed by atoms with Crippen LogP contribution in [0.15, 0.2) is 0 Å². The van der Waals surface area contributed by atoms with Crippen LogP contribution in [0.4, 0.5) is 0 Å². The molecule has 2 aliphatic carbocycles. The molecule has 0 aliphatic heterocycles. The lowest BCUT2D eigenvalue weighted by Gasteiger charge is -2.40. The minimum Gasteiger partial charge on any atom is -0.295 e. The van der Waals surface area contributed by atoms with Gasteiger partial charge < -0.3 is 0 Å². The van der Waals surface area contributed by atoms with E-state index in [0.29, 0.717) is 18.5 Å². The van der Waals surface area contributed by atoms with E-state index in [2.05, 4.69) is 24.0 Å². The second kappa shape index (κ2) is 6.92. The molecule has 2 rings (SSSR count). The van der Waals surface area contributed by atoms with Crippen LogP contribution in [0.5, 0.6) is 0 Å². The quantitative estimate of drug-likeness (QED) is 0.734. The van der Waals surface area contributed by atoms with Crippen LogP contribution >= 0.6 is 0 Å². The van der Waals surface area contributed by atoms with Crippen molar-refractivity contribution in [1.29, 1.82) is 10.5 Å². The highest BCUT2D eigenvalue weighted by Gasteiger charge is 2.40. The van der Waals surface area contributed by atoms with Crippen molar-refractivity contribution in [3.63, 3.8) is 0 Å². The smallest absolute Gasteiger partial charge is 0.0672 e. The van der Waals surface area contributed by atoms with E-state index in [0.717, 1.165) is 18.9 Å². The fourth-order valence-corrected chi connectivity index (χ4v) is 3.62. The highest BCUT2D eigenvalue weighted by atomic mass is 15.2. The molecule has 0 heterocycles. The molecule has 0 saturated heterocycles. The van der Waals surface area contributed by atoms with Crippen molar-refractivity contribution in [3.05, 3.63) is 0 Å². The van der Waals surface area contributed by atoms with Crippen molar-refractivity contribution in [1.82, 2.24) is 4.90 Å².